The van der Waals surface area contributed by atoms with Crippen molar-refractivity contribution in [3.8, 4) is 5.75 Å². The molecule has 0 saturated heterocycles. The van der Waals surface area contributed by atoms with Gasteiger partial charge in [0.2, 0.25) is 0 Å². The van der Waals surface area contributed by atoms with Crippen LogP contribution in [0.1, 0.15) is 22.7 Å². The Bertz CT molecular complexity index is 932. The minimum atomic E-state index is 0.0969. The van der Waals surface area contributed by atoms with Crippen LogP contribution in [-0.2, 0) is 4.74 Å². The first-order chi connectivity index (χ1) is 13.3. The van der Waals surface area contributed by atoms with Gasteiger partial charge in [0.05, 0.1) is 26.8 Å². The van der Waals surface area contributed by atoms with Gasteiger partial charge in [0, 0.05) is 5.69 Å². The van der Waals surface area contributed by atoms with E-state index in [1.165, 1.54) is 16.7 Å². The summed E-state index contributed by atoms with van der Waals surface area (Å²) in [5, 5.41) is 0. The monoisotopic (exact) mass is 357 g/mol. The van der Waals surface area contributed by atoms with Crippen molar-refractivity contribution in [1.82, 2.24) is 0 Å². The summed E-state index contributed by atoms with van der Waals surface area (Å²) in [5.74, 6) is 1.80. The highest BCUT2D eigenvalue weighted by Gasteiger charge is 2.28. The van der Waals surface area contributed by atoms with Crippen molar-refractivity contribution < 1.29 is 9.47 Å². The Labute approximate surface area is 160 Å². The largest absolute Gasteiger partial charge is 0.499 e. The van der Waals surface area contributed by atoms with Gasteiger partial charge < -0.3 is 14.4 Å². The molecule has 0 aromatic heterocycles. The summed E-state index contributed by atoms with van der Waals surface area (Å²) in [6.07, 6.45) is 2.15. The Hall–Kier alpha value is -3.20. The van der Waals surface area contributed by atoms with Crippen LogP contribution in [0.3, 0.4) is 0 Å². The van der Waals surface area contributed by atoms with Crippen LogP contribution in [-0.4, -0.2) is 20.8 Å². The van der Waals surface area contributed by atoms with Gasteiger partial charge in [-0.15, -0.1) is 0 Å². The first-order valence-electron chi connectivity index (χ1n) is 9.09. The van der Waals surface area contributed by atoms with Gasteiger partial charge in [-0.2, -0.15) is 0 Å². The highest BCUT2D eigenvalue weighted by Crippen LogP contribution is 2.38. The minimum Gasteiger partial charge on any atom is -0.499 e. The number of benzene rings is 3. The van der Waals surface area contributed by atoms with Gasteiger partial charge in [0.25, 0.3) is 0 Å². The lowest BCUT2D eigenvalue weighted by Gasteiger charge is -2.34. The average molecular weight is 357 g/mol. The highest BCUT2D eigenvalue weighted by molar-refractivity contribution is 5.65. The summed E-state index contributed by atoms with van der Waals surface area (Å²) in [5.41, 5.74) is 4.85. The second-order valence-corrected chi connectivity index (χ2v) is 6.58. The Morgan fingerprint density at radius 2 is 1.48 bits per heavy atom. The number of fused-ring (bicyclic) bond motifs is 1. The van der Waals surface area contributed by atoms with Crippen LogP contribution in [0.15, 0.2) is 84.6 Å². The van der Waals surface area contributed by atoms with Crippen LogP contribution in [0.4, 0.5) is 5.69 Å². The van der Waals surface area contributed by atoms with Crippen molar-refractivity contribution in [2.24, 2.45) is 0 Å². The summed E-state index contributed by atoms with van der Waals surface area (Å²) < 4.78 is 11.0. The van der Waals surface area contributed by atoms with E-state index in [1.54, 1.807) is 14.2 Å². The van der Waals surface area contributed by atoms with Gasteiger partial charge in [-0.1, -0.05) is 54.6 Å². The Morgan fingerprint density at radius 3 is 2.19 bits per heavy atom. The van der Waals surface area contributed by atoms with E-state index in [0.717, 1.165) is 17.2 Å². The predicted molar refractivity (Wildman–Crippen MR) is 110 cm³/mol. The van der Waals surface area contributed by atoms with E-state index in [0.29, 0.717) is 6.54 Å². The van der Waals surface area contributed by atoms with Crippen LogP contribution in [0.5, 0.6) is 5.75 Å². The molecule has 3 nitrogen and oxygen atoms in total. The fourth-order valence-electron chi connectivity index (χ4n) is 3.67. The van der Waals surface area contributed by atoms with Crippen molar-refractivity contribution in [2.45, 2.75) is 6.04 Å². The van der Waals surface area contributed by atoms with E-state index < -0.39 is 0 Å². The zero-order valence-electron chi connectivity index (χ0n) is 15.6. The summed E-state index contributed by atoms with van der Waals surface area (Å²) in [4.78, 5) is 2.38. The third-order valence-corrected chi connectivity index (χ3v) is 5.03. The van der Waals surface area contributed by atoms with Gasteiger partial charge in [-0.25, -0.2) is 0 Å². The van der Waals surface area contributed by atoms with Crippen LogP contribution in [0.2, 0.25) is 0 Å². The van der Waals surface area contributed by atoms with Crippen LogP contribution >= 0.6 is 0 Å². The first-order valence-corrected chi connectivity index (χ1v) is 9.09. The molecule has 0 bridgehead atoms. The number of nitrogens with zero attached hydrogens (tertiary/aromatic N) is 1. The lowest BCUT2D eigenvalue weighted by molar-refractivity contribution is 0.288. The summed E-state index contributed by atoms with van der Waals surface area (Å²) in [6, 6.07) is 27.5. The second-order valence-electron chi connectivity index (χ2n) is 6.58. The molecule has 136 valence electrons. The van der Waals surface area contributed by atoms with Crippen LogP contribution < -0.4 is 9.64 Å². The molecule has 1 aliphatic heterocycles. The summed E-state index contributed by atoms with van der Waals surface area (Å²) >= 11 is 0. The van der Waals surface area contributed by atoms with Crippen molar-refractivity contribution in [3.05, 3.63) is 101 Å². The van der Waals surface area contributed by atoms with E-state index >= 15 is 0 Å². The quantitative estimate of drug-likeness (QED) is 0.633. The fraction of sp³-hybridized carbons (Fsp3) is 0.167. The van der Waals surface area contributed by atoms with Crippen molar-refractivity contribution in [1.29, 1.82) is 0 Å². The van der Waals surface area contributed by atoms with Crippen molar-refractivity contribution >= 4 is 11.8 Å². The smallest absolute Gasteiger partial charge is 0.119 e. The standard InChI is InChI=1S/C24H23NO2/c1-26-21-14-12-20(13-15-21)25-17-22(27-2)16-19-10-6-7-11-23(19)24(25)18-8-4-3-5-9-18/h3-16,24H,17H2,1-2H3. The summed E-state index contributed by atoms with van der Waals surface area (Å²) in [7, 11) is 3.43. The van der Waals surface area contributed by atoms with Gasteiger partial charge in [-0.3, -0.25) is 0 Å². The first kappa shape index (κ1) is 17.2. The molecule has 0 aliphatic carbocycles. The highest BCUT2D eigenvalue weighted by atomic mass is 16.5. The SMILES string of the molecule is COC1=Cc2ccccc2C(c2ccccc2)N(c2ccc(OC)cc2)C1. The molecule has 3 aromatic carbocycles. The lowest BCUT2D eigenvalue weighted by atomic mass is 9.93. The summed E-state index contributed by atoms with van der Waals surface area (Å²) in [6.45, 7) is 0.692. The van der Waals surface area contributed by atoms with Gasteiger partial charge >= 0.3 is 0 Å². The zero-order chi connectivity index (χ0) is 18.6. The van der Waals surface area contributed by atoms with Crippen molar-refractivity contribution in [3.63, 3.8) is 0 Å². The molecular weight excluding hydrogens is 334 g/mol. The molecule has 1 aliphatic rings. The molecule has 0 spiro atoms. The number of rotatable bonds is 4. The second kappa shape index (κ2) is 7.58. The van der Waals surface area contributed by atoms with E-state index in [2.05, 4.69) is 77.7 Å². The number of ether oxygens (including phenoxy) is 2. The molecule has 3 aromatic rings. The van der Waals surface area contributed by atoms with Crippen LogP contribution in [0, 0.1) is 0 Å². The van der Waals surface area contributed by atoms with Gasteiger partial charge in [0.1, 0.15) is 11.5 Å². The molecule has 0 amide bonds. The molecule has 1 atom stereocenters. The lowest BCUT2D eigenvalue weighted by Crippen LogP contribution is -2.31. The normalized spacial score (nSPS) is 16.1. The molecule has 0 N–H and O–H groups in total. The molecule has 1 heterocycles. The molecule has 4 rings (SSSR count). The molecule has 1 unspecified atom stereocenters. The third-order valence-electron chi connectivity index (χ3n) is 5.03. The molecule has 0 saturated carbocycles. The van der Waals surface area contributed by atoms with Gasteiger partial charge in [0.15, 0.2) is 0 Å². The topological polar surface area (TPSA) is 21.7 Å². The zero-order valence-corrected chi connectivity index (χ0v) is 15.6. The van der Waals surface area contributed by atoms with E-state index in [1.807, 2.05) is 12.1 Å². The molecule has 27 heavy (non-hydrogen) atoms. The molecule has 0 radical (unpaired) electrons. The van der Waals surface area contributed by atoms with Crippen molar-refractivity contribution in [2.75, 3.05) is 25.7 Å². The minimum absolute atomic E-state index is 0.0969. The third kappa shape index (κ3) is 3.41. The maximum absolute atomic E-state index is 5.70. The van der Waals surface area contributed by atoms with E-state index in [-0.39, 0.29) is 6.04 Å². The average Bonchev–Trinajstić information content (AvgIpc) is 2.91. The van der Waals surface area contributed by atoms with E-state index in [9.17, 15) is 0 Å². The Morgan fingerprint density at radius 1 is 0.778 bits per heavy atom. The number of hydrogen-bond donors (Lipinski definition) is 0. The van der Waals surface area contributed by atoms with E-state index in [4.69, 9.17) is 9.47 Å². The fourth-order valence-corrected chi connectivity index (χ4v) is 3.67. The number of anilines is 1. The predicted octanol–water partition coefficient (Wildman–Crippen LogP) is 5.29. The maximum Gasteiger partial charge on any atom is 0.119 e. The molecular formula is C24H23NO2. The number of methoxy groups -OCH3 is 2. The number of hydrogen-bond acceptors (Lipinski definition) is 3. The molecule has 3 heteroatoms. The van der Waals surface area contributed by atoms with Gasteiger partial charge in [-0.05, 0) is 47.0 Å². The molecule has 0 fully saturated rings. The maximum atomic E-state index is 5.70. The Balaban J connectivity index is 1.89. The Kier molecular flexibility index (Phi) is 4.84. The van der Waals surface area contributed by atoms with Crippen LogP contribution in [0.25, 0.3) is 6.08 Å².